The van der Waals surface area contributed by atoms with Crippen LogP contribution in [0.25, 0.3) is 0 Å². The van der Waals surface area contributed by atoms with Gasteiger partial charge in [0.15, 0.2) is 0 Å². The summed E-state index contributed by atoms with van der Waals surface area (Å²) in [4.78, 5) is 11.7. The molecule has 0 spiro atoms. The van der Waals surface area contributed by atoms with Crippen LogP contribution in [0.15, 0.2) is 11.6 Å². The Morgan fingerprint density at radius 1 is 1.07 bits per heavy atom. The maximum Gasteiger partial charge on any atom is 0.331 e. The van der Waals surface area contributed by atoms with E-state index in [-0.39, 0.29) is 35.9 Å². The monoisotopic (exact) mass is 390 g/mol. The van der Waals surface area contributed by atoms with Gasteiger partial charge in [0.2, 0.25) is 0 Å². The second-order valence-corrected chi connectivity index (χ2v) is 10.9. The van der Waals surface area contributed by atoms with Crippen LogP contribution in [0.4, 0.5) is 0 Å². The molecule has 0 aromatic heterocycles. The van der Waals surface area contributed by atoms with Crippen molar-refractivity contribution in [2.24, 2.45) is 34.5 Å². The molecule has 5 rings (SSSR count). The van der Waals surface area contributed by atoms with E-state index < -0.39 is 17.1 Å². The first-order valence-corrected chi connectivity index (χ1v) is 11.1. The van der Waals surface area contributed by atoms with Gasteiger partial charge in [-0.15, -0.1) is 0 Å². The summed E-state index contributed by atoms with van der Waals surface area (Å²) in [6.07, 6.45) is 7.87. The van der Waals surface area contributed by atoms with Crippen LogP contribution >= 0.6 is 0 Å². The van der Waals surface area contributed by atoms with Crippen LogP contribution in [0.3, 0.4) is 0 Å². The van der Waals surface area contributed by atoms with Gasteiger partial charge >= 0.3 is 5.97 Å². The SMILES string of the molecule is C[C@@]12CC[C@@H](O)C[C@@H]1CC[C@@H]1[C@H]2CC[C@]2(C)[C@H](C3=CC(=O)OC3)[C@H](O)C[C@]12O. The smallest absolute Gasteiger partial charge is 0.331 e. The Labute approximate surface area is 167 Å². The maximum atomic E-state index is 12.1. The fraction of sp³-hybridized carbons (Fsp3) is 0.870. The van der Waals surface area contributed by atoms with Gasteiger partial charge in [-0.05, 0) is 73.7 Å². The van der Waals surface area contributed by atoms with Crippen molar-refractivity contribution in [3.63, 3.8) is 0 Å². The molecule has 4 fully saturated rings. The summed E-state index contributed by atoms with van der Waals surface area (Å²) >= 11 is 0. The highest BCUT2D eigenvalue weighted by atomic mass is 16.5. The van der Waals surface area contributed by atoms with Gasteiger partial charge in [-0.1, -0.05) is 13.8 Å². The molecule has 0 unspecified atom stereocenters. The van der Waals surface area contributed by atoms with Crippen molar-refractivity contribution in [2.45, 2.75) is 83.0 Å². The Morgan fingerprint density at radius 2 is 1.86 bits per heavy atom. The molecule has 0 saturated heterocycles. The standard InChI is InChI=1S/C23H34O5/c1-21-7-5-15(24)10-14(21)3-4-17-16(21)6-8-22(2)20(13-9-19(26)28-12-13)18(25)11-23(17,22)27/h9,14-18,20,24-25,27H,3-8,10-12H2,1-2H3/t14-,15+,16+,17+,18+,20+,21+,22+,23-/m0/s1. The highest BCUT2D eigenvalue weighted by Crippen LogP contribution is 2.69. The van der Waals surface area contributed by atoms with Gasteiger partial charge in [-0.25, -0.2) is 4.79 Å². The number of hydrogen-bond donors (Lipinski definition) is 3. The van der Waals surface area contributed by atoms with Gasteiger partial charge < -0.3 is 20.1 Å². The predicted octanol–water partition coefficient (Wildman–Crippen LogP) is 2.58. The zero-order valence-corrected chi connectivity index (χ0v) is 17.1. The molecule has 5 aliphatic rings. The second-order valence-electron chi connectivity index (χ2n) is 10.9. The molecular weight excluding hydrogens is 356 g/mol. The van der Waals surface area contributed by atoms with Crippen LogP contribution in [0.2, 0.25) is 0 Å². The first-order valence-electron chi connectivity index (χ1n) is 11.1. The van der Waals surface area contributed by atoms with Gasteiger partial charge in [0.05, 0.1) is 17.8 Å². The van der Waals surface area contributed by atoms with E-state index in [9.17, 15) is 20.1 Å². The fourth-order valence-corrected chi connectivity index (χ4v) is 8.47. The number of aliphatic hydroxyl groups is 3. The van der Waals surface area contributed by atoms with Gasteiger partial charge in [0.1, 0.15) is 6.61 Å². The molecule has 9 atom stereocenters. The minimum atomic E-state index is -0.906. The first-order chi connectivity index (χ1) is 13.2. The summed E-state index contributed by atoms with van der Waals surface area (Å²) in [5, 5.41) is 33.3. The van der Waals surface area contributed by atoms with E-state index in [2.05, 4.69) is 13.8 Å². The first kappa shape index (κ1) is 19.1. The molecule has 0 aromatic carbocycles. The number of ether oxygens (including phenoxy) is 1. The summed E-state index contributed by atoms with van der Waals surface area (Å²) in [5.41, 5.74) is -0.301. The lowest BCUT2D eigenvalue weighted by molar-refractivity contribution is -0.208. The van der Waals surface area contributed by atoms with E-state index >= 15 is 0 Å². The Morgan fingerprint density at radius 3 is 2.57 bits per heavy atom. The molecule has 3 N–H and O–H groups in total. The molecule has 0 amide bonds. The largest absolute Gasteiger partial charge is 0.458 e. The van der Waals surface area contributed by atoms with Gasteiger partial charge in [0, 0.05) is 23.8 Å². The zero-order valence-electron chi connectivity index (χ0n) is 17.1. The van der Waals surface area contributed by atoms with Gasteiger partial charge in [-0.3, -0.25) is 0 Å². The van der Waals surface area contributed by atoms with Crippen molar-refractivity contribution >= 4 is 5.97 Å². The van der Waals surface area contributed by atoms with E-state index in [1.807, 2.05) is 0 Å². The number of fused-ring (bicyclic) bond motifs is 5. The molecule has 0 aromatic rings. The lowest BCUT2D eigenvalue weighted by Gasteiger charge is -2.63. The third kappa shape index (κ3) is 2.33. The minimum absolute atomic E-state index is 0.170. The molecule has 156 valence electrons. The highest BCUT2D eigenvalue weighted by molar-refractivity contribution is 5.85. The third-order valence-corrected chi connectivity index (χ3v) is 9.92. The summed E-state index contributed by atoms with van der Waals surface area (Å²) in [6.45, 7) is 4.77. The van der Waals surface area contributed by atoms with Crippen molar-refractivity contribution in [3.05, 3.63) is 11.6 Å². The van der Waals surface area contributed by atoms with Crippen molar-refractivity contribution in [3.8, 4) is 0 Å². The average Bonchev–Trinajstić information content (AvgIpc) is 3.13. The number of cyclic esters (lactones) is 1. The van der Waals surface area contributed by atoms with E-state index in [0.717, 1.165) is 50.5 Å². The molecule has 1 aliphatic heterocycles. The third-order valence-electron chi connectivity index (χ3n) is 9.92. The van der Waals surface area contributed by atoms with Crippen LogP contribution in [0.5, 0.6) is 0 Å². The molecule has 5 heteroatoms. The van der Waals surface area contributed by atoms with Crippen molar-refractivity contribution in [2.75, 3.05) is 6.61 Å². The van der Waals surface area contributed by atoms with Gasteiger partial charge in [0.25, 0.3) is 0 Å². The summed E-state index contributed by atoms with van der Waals surface area (Å²) in [5.74, 6) is 0.627. The molecule has 4 saturated carbocycles. The topological polar surface area (TPSA) is 87.0 Å². The van der Waals surface area contributed by atoms with Crippen LogP contribution < -0.4 is 0 Å². The summed E-state index contributed by atoms with van der Waals surface area (Å²) < 4.78 is 5.14. The Balaban J connectivity index is 1.50. The van der Waals surface area contributed by atoms with Gasteiger partial charge in [-0.2, -0.15) is 0 Å². The van der Waals surface area contributed by atoms with Crippen molar-refractivity contribution in [1.82, 2.24) is 0 Å². The Bertz CT molecular complexity index is 718. The number of hydrogen-bond acceptors (Lipinski definition) is 5. The number of carbonyl (C=O) groups excluding carboxylic acids is 1. The van der Waals surface area contributed by atoms with Crippen molar-refractivity contribution < 1.29 is 24.9 Å². The number of esters is 1. The van der Waals surface area contributed by atoms with E-state index in [4.69, 9.17) is 4.74 Å². The molecular formula is C23H34O5. The maximum absolute atomic E-state index is 12.1. The highest BCUT2D eigenvalue weighted by Gasteiger charge is 2.70. The van der Waals surface area contributed by atoms with Crippen LogP contribution in [0.1, 0.15) is 65.2 Å². The lowest BCUT2D eigenvalue weighted by atomic mass is 9.43. The van der Waals surface area contributed by atoms with Crippen molar-refractivity contribution in [1.29, 1.82) is 0 Å². The van der Waals surface area contributed by atoms with Crippen LogP contribution in [-0.4, -0.2) is 45.7 Å². The number of aliphatic hydroxyl groups excluding tert-OH is 2. The molecule has 5 nitrogen and oxygen atoms in total. The van der Waals surface area contributed by atoms with Crippen LogP contribution in [0, 0.1) is 34.5 Å². The predicted molar refractivity (Wildman–Crippen MR) is 103 cm³/mol. The van der Waals surface area contributed by atoms with E-state index in [1.54, 1.807) is 0 Å². The average molecular weight is 391 g/mol. The normalized spacial score (nSPS) is 55.8. The lowest BCUT2D eigenvalue weighted by Crippen LogP contribution is -2.62. The minimum Gasteiger partial charge on any atom is -0.458 e. The molecule has 1 heterocycles. The summed E-state index contributed by atoms with van der Waals surface area (Å²) in [6, 6.07) is 0. The fourth-order valence-electron chi connectivity index (χ4n) is 8.47. The zero-order chi connectivity index (χ0) is 19.9. The number of rotatable bonds is 1. The molecule has 4 aliphatic carbocycles. The Hall–Kier alpha value is -0.910. The quantitative estimate of drug-likeness (QED) is 0.599. The Kier molecular flexibility index (Phi) is 4.12. The summed E-state index contributed by atoms with van der Waals surface area (Å²) in [7, 11) is 0. The molecule has 28 heavy (non-hydrogen) atoms. The molecule has 0 radical (unpaired) electrons. The van der Waals surface area contributed by atoms with Crippen LogP contribution in [-0.2, 0) is 9.53 Å². The van der Waals surface area contributed by atoms with E-state index in [1.165, 1.54) is 6.08 Å². The molecule has 0 bridgehead atoms. The number of carbonyl (C=O) groups is 1. The second kappa shape index (κ2) is 6.05. The van der Waals surface area contributed by atoms with E-state index in [0.29, 0.717) is 18.3 Å².